The predicted octanol–water partition coefficient (Wildman–Crippen LogP) is 5.76. The summed E-state index contributed by atoms with van der Waals surface area (Å²) in [4.78, 5) is 18.4. The molecule has 0 bridgehead atoms. The van der Waals surface area contributed by atoms with E-state index in [9.17, 15) is 4.79 Å². The van der Waals surface area contributed by atoms with Gasteiger partial charge in [-0.05, 0) is 42.8 Å². The second-order valence-corrected chi connectivity index (χ2v) is 7.86. The van der Waals surface area contributed by atoms with Gasteiger partial charge in [0.15, 0.2) is 4.80 Å². The van der Waals surface area contributed by atoms with Crippen molar-refractivity contribution in [3.8, 4) is 11.3 Å². The maximum atomic E-state index is 12.5. The van der Waals surface area contributed by atoms with E-state index < -0.39 is 5.91 Å². The summed E-state index contributed by atoms with van der Waals surface area (Å²) in [5, 5.41) is 1.44. The lowest BCUT2D eigenvalue weighted by atomic mass is 10.1. The number of aryl methyl sites for hydroxylation is 1. The molecule has 3 aromatic rings. The Hall–Kier alpha value is -1.59. The van der Waals surface area contributed by atoms with Gasteiger partial charge >= 0.3 is 0 Å². The molecule has 0 atom stereocenters. The van der Waals surface area contributed by atoms with Crippen molar-refractivity contribution in [3.05, 3.63) is 72.8 Å². The number of hydrogen-bond acceptors (Lipinski definition) is 2. The van der Waals surface area contributed by atoms with Crippen molar-refractivity contribution in [3.63, 3.8) is 0 Å². The number of aromatic nitrogens is 1. The molecule has 0 saturated carbocycles. The van der Waals surface area contributed by atoms with E-state index in [1.54, 1.807) is 12.1 Å². The standard InChI is InChI=1S/C18H13Cl3N2OS/c1-10-16(11-3-5-12(19)6-4-11)23(2)18(25-10)22-17(24)14-8-7-13(20)9-15(14)21/h3-9H,1-2H3. The molecule has 1 amide bonds. The van der Waals surface area contributed by atoms with Gasteiger partial charge in [-0.3, -0.25) is 4.79 Å². The summed E-state index contributed by atoms with van der Waals surface area (Å²) in [5.41, 5.74) is 2.33. The van der Waals surface area contributed by atoms with Crippen molar-refractivity contribution < 1.29 is 4.79 Å². The van der Waals surface area contributed by atoms with Crippen LogP contribution in [0.1, 0.15) is 15.2 Å². The molecular weight excluding hydrogens is 399 g/mol. The lowest BCUT2D eigenvalue weighted by molar-refractivity contribution is 0.0998. The normalized spacial score (nSPS) is 11.8. The summed E-state index contributed by atoms with van der Waals surface area (Å²) in [5.74, 6) is -0.402. The van der Waals surface area contributed by atoms with Crippen molar-refractivity contribution in [1.82, 2.24) is 4.57 Å². The van der Waals surface area contributed by atoms with E-state index in [4.69, 9.17) is 34.8 Å². The zero-order valence-electron chi connectivity index (χ0n) is 13.4. The number of thiazole rings is 1. The summed E-state index contributed by atoms with van der Waals surface area (Å²) < 4.78 is 1.89. The largest absolute Gasteiger partial charge is 0.319 e. The number of halogens is 3. The molecule has 0 aliphatic carbocycles. The van der Waals surface area contributed by atoms with Gasteiger partial charge in [0.05, 0.1) is 16.3 Å². The van der Waals surface area contributed by atoms with Crippen LogP contribution in [0.3, 0.4) is 0 Å². The molecule has 0 unspecified atom stereocenters. The van der Waals surface area contributed by atoms with Gasteiger partial charge in [-0.1, -0.05) is 46.9 Å². The minimum atomic E-state index is -0.402. The van der Waals surface area contributed by atoms with Crippen LogP contribution in [0.25, 0.3) is 11.3 Å². The minimum Gasteiger partial charge on any atom is -0.319 e. The lowest BCUT2D eigenvalue weighted by Gasteiger charge is -2.05. The van der Waals surface area contributed by atoms with Gasteiger partial charge in [-0.2, -0.15) is 4.99 Å². The zero-order valence-corrected chi connectivity index (χ0v) is 16.5. The molecule has 0 N–H and O–H groups in total. The first-order chi connectivity index (χ1) is 11.9. The number of benzene rings is 2. The van der Waals surface area contributed by atoms with Crippen LogP contribution in [-0.2, 0) is 7.05 Å². The zero-order chi connectivity index (χ0) is 18.1. The fourth-order valence-corrected chi connectivity index (χ4v) is 4.10. The monoisotopic (exact) mass is 410 g/mol. The Kier molecular flexibility index (Phi) is 5.35. The van der Waals surface area contributed by atoms with Gasteiger partial charge in [0.1, 0.15) is 0 Å². The first kappa shape index (κ1) is 18.2. The third-order valence-corrected chi connectivity index (χ3v) is 5.52. The molecule has 0 aliphatic rings. The predicted molar refractivity (Wildman–Crippen MR) is 105 cm³/mol. The second-order valence-electron chi connectivity index (χ2n) is 5.40. The fourth-order valence-electron chi connectivity index (χ4n) is 2.50. The highest BCUT2D eigenvalue weighted by atomic mass is 35.5. The highest BCUT2D eigenvalue weighted by molar-refractivity contribution is 7.09. The molecule has 1 heterocycles. The van der Waals surface area contributed by atoms with Crippen LogP contribution in [0.5, 0.6) is 0 Å². The van der Waals surface area contributed by atoms with E-state index >= 15 is 0 Å². The number of amides is 1. The second kappa shape index (κ2) is 7.34. The highest BCUT2D eigenvalue weighted by Crippen LogP contribution is 2.26. The SMILES string of the molecule is Cc1sc(=NC(=O)c2ccc(Cl)cc2Cl)n(C)c1-c1ccc(Cl)cc1. The van der Waals surface area contributed by atoms with Gasteiger partial charge in [-0.25, -0.2) is 0 Å². The van der Waals surface area contributed by atoms with Crippen molar-refractivity contribution in [2.45, 2.75) is 6.92 Å². The Morgan fingerprint density at radius 2 is 1.68 bits per heavy atom. The average Bonchev–Trinajstić information content (AvgIpc) is 2.82. The summed E-state index contributed by atoms with van der Waals surface area (Å²) in [6, 6.07) is 12.3. The highest BCUT2D eigenvalue weighted by Gasteiger charge is 2.13. The molecule has 3 rings (SSSR count). The quantitative estimate of drug-likeness (QED) is 0.527. The van der Waals surface area contributed by atoms with E-state index in [1.807, 2.05) is 42.8 Å². The van der Waals surface area contributed by atoms with Gasteiger partial charge in [0.25, 0.3) is 5.91 Å². The van der Waals surface area contributed by atoms with Crippen LogP contribution >= 0.6 is 46.1 Å². The maximum Gasteiger partial charge on any atom is 0.281 e. The number of carbonyl (C=O) groups excluding carboxylic acids is 1. The molecule has 0 aliphatic heterocycles. The van der Waals surface area contributed by atoms with Crippen LogP contribution in [0, 0.1) is 6.92 Å². The molecule has 0 radical (unpaired) electrons. The topological polar surface area (TPSA) is 34.4 Å². The molecule has 25 heavy (non-hydrogen) atoms. The summed E-state index contributed by atoms with van der Waals surface area (Å²) in [6.07, 6.45) is 0. The molecule has 0 saturated heterocycles. The molecule has 0 spiro atoms. The van der Waals surface area contributed by atoms with Gasteiger partial charge in [0, 0.05) is 22.0 Å². The van der Waals surface area contributed by atoms with Crippen LogP contribution in [0.15, 0.2) is 47.5 Å². The van der Waals surface area contributed by atoms with Gasteiger partial charge in [-0.15, -0.1) is 11.3 Å². The lowest BCUT2D eigenvalue weighted by Crippen LogP contribution is -2.14. The van der Waals surface area contributed by atoms with E-state index in [0.717, 1.165) is 16.1 Å². The molecule has 7 heteroatoms. The van der Waals surface area contributed by atoms with Crippen molar-refractivity contribution in [2.24, 2.45) is 12.0 Å². The first-order valence-electron chi connectivity index (χ1n) is 7.33. The molecule has 128 valence electrons. The van der Waals surface area contributed by atoms with E-state index in [-0.39, 0.29) is 5.02 Å². The molecule has 3 nitrogen and oxygen atoms in total. The Bertz CT molecular complexity index is 1020. The Balaban J connectivity index is 2.06. The van der Waals surface area contributed by atoms with Crippen LogP contribution in [0.4, 0.5) is 0 Å². The molecule has 0 fully saturated rings. The third kappa shape index (κ3) is 3.82. The Morgan fingerprint density at radius 1 is 1.04 bits per heavy atom. The summed E-state index contributed by atoms with van der Waals surface area (Å²) in [7, 11) is 1.88. The number of rotatable bonds is 2. The molecular formula is C18H13Cl3N2OS. The van der Waals surface area contributed by atoms with Crippen LogP contribution < -0.4 is 4.80 Å². The van der Waals surface area contributed by atoms with E-state index in [2.05, 4.69) is 4.99 Å². The molecule has 2 aromatic carbocycles. The van der Waals surface area contributed by atoms with Crippen LogP contribution in [-0.4, -0.2) is 10.5 Å². The fraction of sp³-hybridized carbons (Fsp3) is 0.111. The maximum absolute atomic E-state index is 12.5. The first-order valence-corrected chi connectivity index (χ1v) is 9.28. The summed E-state index contributed by atoms with van der Waals surface area (Å²) >= 11 is 19.4. The number of nitrogens with zero attached hydrogens (tertiary/aromatic N) is 2. The average molecular weight is 412 g/mol. The van der Waals surface area contributed by atoms with E-state index in [0.29, 0.717) is 20.4 Å². The van der Waals surface area contributed by atoms with Gasteiger partial charge < -0.3 is 4.57 Å². The number of hydrogen-bond donors (Lipinski definition) is 0. The number of carbonyl (C=O) groups is 1. The Morgan fingerprint density at radius 3 is 2.32 bits per heavy atom. The Labute approximate surface area is 164 Å². The third-order valence-electron chi connectivity index (χ3n) is 3.68. The van der Waals surface area contributed by atoms with Crippen molar-refractivity contribution in [1.29, 1.82) is 0 Å². The minimum absolute atomic E-state index is 0.287. The van der Waals surface area contributed by atoms with Gasteiger partial charge in [0.2, 0.25) is 0 Å². The van der Waals surface area contributed by atoms with Crippen molar-refractivity contribution >= 4 is 52.0 Å². The molecule has 1 aromatic heterocycles. The van der Waals surface area contributed by atoms with Crippen LogP contribution in [0.2, 0.25) is 15.1 Å². The van der Waals surface area contributed by atoms with Crippen molar-refractivity contribution in [2.75, 3.05) is 0 Å². The van der Waals surface area contributed by atoms with E-state index in [1.165, 1.54) is 17.4 Å². The summed E-state index contributed by atoms with van der Waals surface area (Å²) in [6.45, 7) is 1.99. The smallest absolute Gasteiger partial charge is 0.281 e.